The Morgan fingerprint density at radius 3 is 1.18 bits per heavy atom. The van der Waals surface area contributed by atoms with Gasteiger partial charge in [-0.25, -0.2) is 18.0 Å². The van der Waals surface area contributed by atoms with E-state index in [1.165, 1.54) is 46.9 Å². The Kier molecular flexibility index (Phi) is 20.4. The van der Waals surface area contributed by atoms with Crippen LogP contribution >= 0.6 is 0 Å². The van der Waals surface area contributed by atoms with Crippen molar-refractivity contribution in [3.05, 3.63) is 181 Å². The highest BCUT2D eigenvalue weighted by Crippen LogP contribution is 2.25. The molecule has 0 aliphatic rings. The minimum absolute atomic E-state index is 0. The summed E-state index contributed by atoms with van der Waals surface area (Å²) in [5, 5.41) is 0. The summed E-state index contributed by atoms with van der Waals surface area (Å²) in [7, 11) is 0. The zero-order chi connectivity index (χ0) is 42.5. The quantitative estimate of drug-likeness (QED) is 0.138. The van der Waals surface area contributed by atoms with Crippen LogP contribution < -0.4 is 0 Å². The maximum absolute atomic E-state index is 13.1. The van der Waals surface area contributed by atoms with E-state index < -0.39 is 11.6 Å². The molecule has 0 atom stereocenters. The molecule has 0 aliphatic carbocycles. The predicted molar refractivity (Wildman–Crippen MR) is 239 cm³/mol. The molecule has 0 aromatic heterocycles. The van der Waals surface area contributed by atoms with Crippen LogP contribution in [0.5, 0.6) is 0 Å². The van der Waals surface area contributed by atoms with Gasteiger partial charge in [0, 0.05) is 5.56 Å². The number of benzene rings is 5. The second kappa shape index (κ2) is 22.2. The zero-order valence-electron chi connectivity index (χ0n) is 36.7. The molecule has 0 saturated carbocycles. The van der Waals surface area contributed by atoms with Crippen LogP contribution in [0, 0.1) is 79.4 Å². The molecule has 56 heavy (non-hydrogen) atoms. The third-order valence-corrected chi connectivity index (χ3v) is 9.24. The maximum atomic E-state index is 13.1. The number of hydrogen-bond donors (Lipinski definition) is 0. The van der Waals surface area contributed by atoms with Crippen molar-refractivity contribution >= 4 is 5.69 Å². The minimum atomic E-state index is -0.475. The Bertz CT molecular complexity index is 1920. The van der Waals surface area contributed by atoms with Crippen LogP contribution in [0.25, 0.3) is 4.85 Å². The van der Waals surface area contributed by atoms with Gasteiger partial charge in [-0.2, -0.15) is 0 Å². The van der Waals surface area contributed by atoms with Crippen LogP contribution in [0.3, 0.4) is 0 Å². The molecule has 0 aliphatic heterocycles. The van der Waals surface area contributed by atoms with Gasteiger partial charge in [0.2, 0.25) is 0 Å². The maximum Gasteiger partial charge on any atom is 0.190 e. The number of halogens is 3. The molecule has 0 amide bonds. The molecule has 5 rings (SSSR count). The zero-order valence-corrected chi connectivity index (χ0v) is 36.7. The highest BCUT2D eigenvalue weighted by atomic mass is 19.1. The first kappa shape index (κ1) is 51.4. The van der Waals surface area contributed by atoms with E-state index in [9.17, 15) is 13.2 Å². The summed E-state index contributed by atoms with van der Waals surface area (Å²) in [5.41, 5.74) is 13.0. The predicted octanol–water partition coefficient (Wildman–Crippen LogP) is 16.4. The van der Waals surface area contributed by atoms with Crippen molar-refractivity contribution < 1.29 is 13.2 Å². The van der Waals surface area contributed by atoms with Crippen LogP contribution in [-0.4, -0.2) is 0 Å². The Morgan fingerprint density at radius 2 is 0.786 bits per heavy atom. The van der Waals surface area contributed by atoms with Crippen LogP contribution in [0.2, 0.25) is 0 Å². The monoisotopic (exact) mass is 766 g/mol. The van der Waals surface area contributed by atoms with E-state index in [0.29, 0.717) is 11.1 Å². The van der Waals surface area contributed by atoms with Gasteiger partial charge in [0.25, 0.3) is 0 Å². The van der Waals surface area contributed by atoms with E-state index in [1.807, 2.05) is 44.2 Å². The third kappa shape index (κ3) is 17.9. The Balaban J connectivity index is 0.000000674. The Morgan fingerprint density at radius 1 is 0.393 bits per heavy atom. The molecule has 0 spiro atoms. The van der Waals surface area contributed by atoms with E-state index in [1.54, 1.807) is 19.9 Å². The molecule has 5 aromatic rings. The van der Waals surface area contributed by atoms with Gasteiger partial charge in [-0.05, 0) is 134 Å². The smallest absolute Gasteiger partial charge is 0.190 e. The first-order chi connectivity index (χ1) is 25.2. The largest absolute Gasteiger partial charge is 0.238 e. The van der Waals surface area contributed by atoms with Gasteiger partial charge >= 0.3 is 0 Å². The summed E-state index contributed by atoms with van der Waals surface area (Å²) < 4.78 is 38.3. The van der Waals surface area contributed by atoms with Crippen molar-refractivity contribution in [1.82, 2.24) is 0 Å². The Hall–Kier alpha value is -4.62. The van der Waals surface area contributed by atoms with Gasteiger partial charge in [-0.1, -0.05) is 154 Å². The van der Waals surface area contributed by atoms with Gasteiger partial charge in [0.05, 0.1) is 6.57 Å². The van der Waals surface area contributed by atoms with Crippen LogP contribution in [-0.2, 0) is 16.2 Å². The number of rotatable bonds is 0. The number of hydrogen-bond acceptors (Lipinski definition) is 0. The Labute approximate surface area is 340 Å². The van der Waals surface area contributed by atoms with Gasteiger partial charge in [-0.15, -0.1) is 0 Å². The molecule has 0 fully saturated rings. The molecule has 0 heterocycles. The van der Waals surface area contributed by atoms with Gasteiger partial charge in [0.15, 0.2) is 5.69 Å². The lowest BCUT2D eigenvalue weighted by Gasteiger charge is -2.19. The average molecular weight is 766 g/mol. The van der Waals surface area contributed by atoms with Crippen molar-refractivity contribution in [3.63, 3.8) is 0 Å². The van der Waals surface area contributed by atoms with Gasteiger partial charge in [-0.3, -0.25) is 0 Å². The first-order valence-corrected chi connectivity index (χ1v) is 19.0. The molecule has 0 saturated heterocycles. The molecule has 0 bridgehead atoms. The molecule has 5 aromatic carbocycles. The minimum Gasteiger partial charge on any atom is -0.238 e. The lowest BCUT2D eigenvalue weighted by Crippen LogP contribution is -2.11. The summed E-state index contributed by atoms with van der Waals surface area (Å²) in [6.45, 7) is 41.7. The molecular formula is C52H70F3N. The summed E-state index contributed by atoms with van der Waals surface area (Å²) in [6, 6.07) is 29.4. The fraction of sp³-hybridized carbons (Fsp3) is 0.404. The standard InChI is InChI=1S/C12H18.C11H15F.C11H16.C9H9N.C8H8F2.CH4/c1-9-6-7-11(8-10(9)2)12(3,4)5;1-8-5-6-9(7-10(8)12)11(2,3)4;1-9-5-7-10(8-6-9)11(2,3)4;1-7-4-5-8(2)9(6-7)10-3;1-5-3-7(9)6(2)8(10)4-5;/h6-8H,1-5H3;5-7H,1-4H3;5-8H,1-4H3;4-6H,1-2H3;3-4H,1-2H3;1H4. The highest BCUT2D eigenvalue weighted by molar-refractivity contribution is 5.53. The summed E-state index contributed by atoms with van der Waals surface area (Å²) in [5.74, 6) is -1.06. The topological polar surface area (TPSA) is 4.36 Å². The van der Waals surface area contributed by atoms with Crippen molar-refractivity contribution in [3.8, 4) is 0 Å². The summed E-state index contributed by atoms with van der Waals surface area (Å²) in [4.78, 5) is 3.38. The SMILES string of the molecule is C.Cc1cc(F)c(C)c(F)c1.Cc1ccc(C(C)(C)C)cc1.Cc1ccc(C(C)(C)C)cc1C.Cc1ccc(C(C)(C)C)cc1F.[C-]#[N+]c1cc(C)ccc1C. The highest BCUT2D eigenvalue weighted by Gasteiger charge is 2.15. The second-order valence-electron chi connectivity index (χ2n) is 17.6. The second-order valence-corrected chi connectivity index (χ2v) is 17.6. The summed E-state index contributed by atoms with van der Waals surface area (Å²) >= 11 is 0. The molecular weight excluding hydrogens is 696 g/mol. The van der Waals surface area contributed by atoms with Crippen molar-refractivity contribution in [1.29, 1.82) is 0 Å². The van der Waals surface area contributed by atoms with Crippen LogP contribution in [0.1, 0.15) is 131 Å². The number of aryl methyl sites for hydroxylation is 7. The van der Waals surface area contributed by atoms with Gasteiger partial charge in [0.1, 0.15) is 17.5 Å². The average Bonchev–Trinajstić information content (AvgIpc) is 3.07. The lowest BCUT2D eigenvalue weighted by atomic mass is 9.85. The molecule has 0 unspecified atom stereocenters. The molecule has 1 nitrogen and oxygen atoms in total. The van der Waals surface area contributed by atoms with Crippen LogP contribution in [0.15, 0.2) is 91.0 Å². The van der Waals surface area contributed by atoms with Gasteiger partial charge < -0.3 is 0 Å². The fourth-order valence-corrected chi connectivity index (χ4v) is 4.93. The van der Waals surface area contributed by atoms with Crippen LogP contribution in [0.4, 0.5) is 18.9 Å². The molecule has 0 N–H and O–H groups in total. The van der Waals surface area contributed by atoms with Crippen molar-refractivity contribution in [2.45, 2.75) is 141 Å². The molecule has 304 valence electrons. The van der Waals surface area contributed by atoms with E-state index >= 15 is 0 Å². The number of nitrogens with zero attached hydrogens (tertiary/aromatic N) is 1. The van der Waals surface area contributed by atoms with E-state index in [-0.39, 0.29) is 35.1 Å². The molecule has 0 radical (unpaired) electrons. The van der Waals surface area contributed by atoms with Crippen molar-refractivity contribution in [2.24, 2.45) is 0 Å². The van der Waals surface area contributed by atoms with E-state index in [4.69, 9.17) is 6.57 Å². The first-order valence-electron chi connectivity index (χ1n) is 19.0. The van der Waals surface area contributed by atoms with E-state index in [2.05, 4.69) is 130 Å². The van der Waals surface area contributed by atoms with Crippen molar-refractivity contribution in [2.75, 3.05) is 0 Å². The summed E-state index contributed by atoms with van der Waals surface area (Å²) in [6.07, 6.45) is 0. The third-order valence-electron chi connectivity index (χ3n) is 9.24. The fourth-order valence-electron chi connectivity index (χ4n) is 4.93. The normalized spacial score (nSPS) is 10.7. The van der Waals surface area contributed by atoms with E-state index in [0.717, 1.165) is 22.4 Å². The molecule has 4 heteroatoms. The lowest BCUT2D eigenvalue weighted by molar-refractivity contribution is 0.566.